The Bertz CT molecular complexity index is 215. The number of thiol groups is 1. The van der Waals surface area contributed by atoms with Gasteiger partial charge in [0.05, 0.1) is 5.92 Å². The Morgan fingerprint density at radius 1 is 1.20 bits per heavy atom. The Morgan fingerprint density at radius 3 is 2.20 bits per heavy atom. The van der Waals surface area contributed by atoms with E-state index < -0.39 is 17.9 Å². The molecule has 2 atom stereocenters. The van der Waals surface area contributed by atoms with Crippen LogP contribution in [0.1, 0.15) is 39.0 Å². The van der Waals surface area contributed by atoms with Crippen LogP contribution in [0.15, 0.2) is 0 Å². The van der Waals surface area contributed by atoms with Crippen LogP contribution in [0.5, 0.6) is 0 Å². The van der Waals surface area contributed by atoms with E-state index >= 15 is 0 Å². The number of carboxylic acid groups (broad SMARTS) is 2. The molecule has 0 aliphatic heterocycles. The lowest BCUT2D eigenvalue weighted by molar-refractivity contribution is -0.143. The second-order valence-corrected chi connectivity index (χ2v) is 4.63. The molecule has 0 aliphatic rings. The normalized spacial score (nSPS) is 14.5. The summed E-state index contributed by atoms with van der Waals surface area (Å²) in [4.78, 5) is 21.1. The lowest BCUT2D eigenvalue weighted by Crippen LogP contribution is -2.15. The lowest BCUT2D eigenvalue weighted by atomic mass is 9.96. The summed E-state index contributed by atoms with van der Waals surface area (Å²) in [7, 11) is 0. The van der Waals surface area contributed by atoms with Crippen molar-refractivity contribution in [3.05, 3.63) is 0 Å². The molecule has 0 radical (unpaired) electrons. The predicted octanol–water partition coefficient (Wildman–Crippen LogP) is 2.04. The molecule has 0 saturated carbocycles. The molecule has 2 N–H and O–H groups in total. The van der Waals surface area contributed by atoms with Gasteiger partial charge in [0.15, 0.2) is 0 Å². The Balaban J connectivity index is 3.84. The second kappa shape index (κ2) is 7.56. The van der Waals surface area contributed by atoms with Crippen LogP contribution in [0.3, 0.4) is 0 Å². The molecular weight excluding hydrogens is 216 g/mol. The van der Waals surface area contributed by atoms with Crippen LogP contribution in [0.4, 0.5) is 0 Å². The van der Waals surface area contributed by atoms with Crippen molar-refractivity contribution >= 4 is 24.6 Å². The fourth-order valence-corrected chi connectivity index (χ4v) is 1.53. The molecule has 0 rings (SSSR count). The van der Waals surface area contributed by atoms with Crippen molar-refractivity contribution in [3.63, 3.8) is 0 Å². The van der Waals surface area contributed by atoms with Crippen molar-refractivity contribution in [2.75, 3.05) is 0 Å². The maximum absolute atomic E-state index is 10.8. The summed E-state index contributed by atoms with van der Waals surface area (Å²) in [5.41, 5.74) is 0. The van der Waals surface area contributed by atoms with Gasteiger partial charge >= 0.3 is 11.9 Å². The Hall–Kier alpha value is -0.710. The zero-order chi connectivity index (χ0) is 11.8. The van der Waals surface area contributed by atoms with Gasteiger partial charge in [0.2, 0.25) is 0 Å². The van der Waals surface area contributed by atoms with Crippen LogP contribution in [0, 0.1) is 5.92 Å². The van der Waals surface area contributed by atoms with Crippen molar-refractivity contribution in [3.8, 4) is 0 Å². The van der Waals surface area contributed by atoms with E-state index in [0.717, 1.165) is 12.8 Å². The molecule has 0 fully saturated rings. The largest absolute Gasteiger partial charge is 0.481 e. The van der Waals surface area contributed by atoms with E-state index in [-0.39, 0.29) is 18.1 Å². The van der Waals surface area contributed by atoms with E-state index in [9.17, 15) is 9.59 Å². The fraction of sp³-hybridized carbons (Fsp3) is 0.800. The summed E-state index contributed by atoms with van der Waals surface area (Å²) < 4.78 is 0. The Kier molecular flexibility index (Phi) is 7.21. The van der Waals surface area contributed by atoms with Gasteiger partial charge in [0, 0.05) is 6.42 Å². The quantitative estimate of drug-likeness (QED) is 0.562. The highest BCUT2D eigenvalue weighted by atomic mass is 32.1. The van der Waals surface area contributed by atoms with Crippen molar-refractivity contribution in [1.82, 2.24) is 0 Å². The summed E-state index contributed by atoms with van der Waals surface area (Å²) >= 11 is 4.20. The molecule has 2 unspecified atom stereocenters. The SMILES string of the molecule is CC(S)CCCC(CCC(=O)O)C(=O)O. The molecule has 0 aromatic carbocycles. The summed E-state index contributed by atoms with van der Waals surface area (Å²) in [6, 6.07) is 0. The van der Waals surface area contributed by atoms with Gasteiger partial charge in [-0.1, -0.05) is 13.3 Å². The highest BCUT2D eigenvalue weighted by Crippen LogP contribution is 2.17. The van der Waals surface area contributed by atoms with Crippen LogP contribution >= 0.6 is 12.6 Å². The van der Waals surface area contributed by atoms with Crippen molar-refractivity contribution < 1.29 is 19.8 Å². The minimum absolute atomic E-state index is 0.0760. The number of rotatable bonds is 8. The molecule has 4 nitrogen and oxygen atoms in total. The van der Waals surface area contributed by atoms with E-state index in [2.05, 4.69) is 12.6 Å². The minimum Gasteiger partial charge on any atom is -0.481 e. The first-order valence-corrected chi connectivity index (χ1v) is 5.57. The molecule has 0 heterocycles. The van der Waals surface area contributed by atoms with Crippen LogP contribution in [-0.4, -0.2) is 27.4 Å². The molecule has 5 heteroatoms. The molecule has 0 aromatic heterocycles. The third-order valence-corrected chi connectivity index (χ3v) is 2.49. The first-order chi connectivity index (χ1) is 6.93. The summed E-state index contributed by atoms with van der Waals surface area (Å²) in [6.45, 7) is 1.95. The van der Waals surface area contributed by atoms with Crippen LogP contribution in [0.25, 0.3) is 0 Å². The molecule has 15 heavy (non-hydrogen) atoms. The van der Waals surface area contributed by atoms with Gasteiger partial charge in [-0.05, 0) is 24.5 Å². The highest BCUT2D eigenvalue weighted by molar-refractivity contribution is 7.80. The third kappa shape index (κ3) is 8.30. The van der Waals surface area contributed by atoms with E-state index in [1.165, 1.54) is 0 Å². The molecule has 88 valence electrons. The summed E-state index contributed by atoms with van der Waals surface area (Å²) in [5.74, 6) is -2.37. The smallest absolute Gasteiger partial charge is 0.306 e. The van der Waals surface area contributed by atoms with Gasteiger partial charge in [0.25, 0.3) is 0 Å². The number of carboxylic acids is 2. The first kappa shape index (κ1) is 14.3. The number of hydrogen-bond acceptors (Lipinski definition) is 3. The van der Waals surface area contributed by atoms with Gasteiger partial charge < -0.3 is 10.2 Å². The Morgan fingerprint density at radius 2 is 1.80 bits per heavy atom. The van der Waals surface area contributed by atoms with Crippen LogP contribution in [0.2, 0.25) is 0 Å². The minimum atomic E-state index is -0.941. The predicted molar refractivity (Wildman–Crippen MR) is 60.3 cm³/mol. The van der Waals surface area contributed by atoms with Gasteiger partial charge in [0.1, 0.15) is 0 Å². The molecule has 0 aliphatic carbocycles. The van der Waals surface area contributed by atoms with E-state index in [0.29, 0.717) is 6.42 Å². The van der Waals surface area contributed by atoms with Crippen LogP contribution < -0.4 is 0 Å². The van der Waals surface area contributed by atoms with E-state index in [4.69, 9.17) is 10.2 Å². The third-order valence-electron chi connectivity index (χ3n) is 2.23. The summed E-state index contributed by atoms with van der Waals surface area (Å²) in [6.07, 6.45) is 2.31. The van der Waals surface area contributed by atoms with Gasteiger partial charge in [-0.3, -0.25) is 9.59 Å². The number of hydrogen-bond donors (Lipinski definition) is 3. The summed E-state index contributed by atoms with van der Waals surface area (Å²) in [5, 5.41) is 17.6. The van der Waals surface area contributed by atoms with E-state index in [1.54, 1.807) is 0 Å². The zero-order valence-corrected chi connectivity index (χ0v) is 9.74. The fourth-order valence-electron chi connectivity index (χ4n) is 1.35. The monoisotopic (exact) mass is 234 g/mol. The molecule has 0 saturated heterocycles. The molecular formula is C10H18O4S. The number of carbonyl (C=O) groups is 2. The topological polar surface area (TPSA) is 74.6 Å². The molecule has 0 bridgehead atoms. The highest BCUT2D eigenvalue weighted by Gasteiger charge is 2.18. The van der Waals surface area contributed by atoms with Crippen molar-refractivity contribution in [2.45, 2.75) is 44.3 Å². The molecule has 0 amide bonds. The zero-order valence-electron chi connectivity index (χ0n) is 8.85. The van der Waals surface area contributed by atoms with Gasteiger partial charge in [-0.25, -0.2) is 0 Å². The molecule has 0 spiro atoms. The van der Waals surface area contributed by atoms with Gasteiger partial charge in [-0.2, -0.15) is 12.6 Å². The average Bonchev–Trinajstić information content (AvgIpc) is 2.09. The van der Waals surface area contributed by atoms with E-state index in [1.807, 2.05) is 6.92 Å². The standard InChI is InChI=1S/C10H18O4S/c1-7(15)3-2-4-8(10(13)14)5-6-9(11)12/h7-8,15H,2-6H2,1H3,(H,11,12)(H,13,14). The lowest BCUT2D eigenvalue weighted by Gasteiger charge is -2.11. The number of aliphatic carboxylic acids is 2. The average molecular weight is 234 g/mol. The van der Waals surface area contributed by atoms with Crippen molar-refractivity contribution in [2.24, 2.45) is 5.92 Å². The second-order valence-electron chi connectivity index (χ2n) is 3.75. The van der Waals surface area contributed by atoms with Gasteiger partial charge in [-0.15, -0.1) is 0 Å². The first-order valence-electron chi connectivity index (χ1n) is 5.06. The Labute approximate surface area is 95.1 Å². The maximum atomic E-state index is 10.8. The maximum Gasteiger partial charge on any atom is 0.306 e. The van der Waals surface area contributed by atoms with Crippen LogP contribution in [-0.2, 0) is 9.59 Å². The van der Waals surface area contributed by atoms with Crippen molar-refractivity contribution in [1.29, 1.82) is 0 Å². The molecule has 0 aromatic rings.